The normalized spacial score (nSPS) is 33.0. The van der Waals surface area contributed by atoms with Crippen LogP contribution in [0.1, 0.15) is 118 Å². The molecule has 0 N–H and O–H groups in total. The lowest BCUT2D eigenvalue weighted by atomic mass is 9.47. The Hall–Kier alpha value is -2.09. The average Bonchev–Trinajstić information content (AvgIpc) is 3.37. The molecule has 0 bridgehead atoms. The van der Waals surface area contributed by atoms with Crippen molar-refractivity contribution in [2.24, 2.45) is 46.3 Å². The average molecular weight is 632 g/mol. The van der Waals surface area contributed by atoms with Crippen LogP contribution in [0.15, 0.2) is 11.6 Å². The molecule has 4 aliphatic rings. The maximum atomic E-state index is 12.7. The summed E-state index contributed by atoms with van der Waals surface area (Å²) < 4.78 is 20.7. The summed E-state index contributed by atoms with van der Waals surface area (Å²) in [6.45, 7) is 12.9. The minimum Gasteiger partial charge on any atom is -0.469 e. The van der Waals surface area contributed by atoms with Gasteiger partial charge < -0.3 is 18.9 Å². The molecule has 8 atom stereocenters. The smallest absolute Gasteiger partial charge is 0.469 e. The van der Waals surface area contributed by atoms with Gasteiger partial charge in [-0.3, -0.25) is 14.5 Å². The molecule has 0 aromatic heterocycles. The molecule has 45 heavy (non-hydrogen) atoms. The Bertz CT molecular complexity index is 1040. The second-order valence-corrected chi connectivity index (χ2v) is 15.6. The Morgan fingerprint density at radius 3 is 2.24 bits per heavy atom. The molecule has 0 aliphatic heterocycles. The molecular weight excluding hydrogens is 570 g/mol. The van der Waals surface area contributed by atoms with E-state index >= 15 is 0 Å². The predicted octanol–water partition coefficient (Wildman–Crippen LogP) is 7.94. The van der Waals surface area contributed by atoms with E-state index in [1.54, 1.807) is 4.90 Å². The highest BCUT2D eigenvalue weighted by Gasteiger charge is 2.59. The van der Waals surface area contributed by atoms with Gasteiger partial charge in [0.15, 0.2) is 0 Å². The van der Waals surface area contributed by atoms with Crippen LogP contribution in [-0.4, -0.2) is 63.1 Å². The van der Waals surface area contributed by atoms with Gasteiger partial charge in [-0.15, -0.1) is 0 Å². The fourth-order valence-corrected chi connectivity index (χ4v) is 10.0. The van der Waals surface area contributed by atoms with Crippen LogP contribution in [0.3, 0.4) is 0 Å². The Kier molecular flexibility index (Phi) is 12.4. The van der Waals surface area contributed by atoms with Crippen molar-refractivity contribution in [3.63, 3.8) is 0 Å². The maximum Gasteiger partial charge on any atom is 0.509 e. The number of allylic oxidation sites excluding steroid dienone is 1. The minimum absolute atomic E-state index is 0.0683. The van der Waals surface area contributed by atoms with Crippen LogP contribution in [0, 0.1) is 46.3 Å². The molecule has 0 saturated heterocycles. The van der Waals surface area contributed by atoms with Crippen LogP contribution in [0.25, 0.3) is 0 Å². The highest BCUT2D eigenvalue weighted by molar-refractivity contribution is 5.70. The molecule has 0 heterocycles. The van der Waals surface area contributed by atoms with Crippen molar-refractivity contribution < 1.29 is 33.3 Å². The van der Waals surface area contributed by atoms with Crippen molar-refractivity contribution >= 4 is 18.1 Å². The first-order valence-electron chi connectivity index (χ1n) is 17.8. The third-order valence-electron chi connectivity index (χ3n) is 12.6. The fourth-order valence-electron chi connectivity index (χ4n) is 10.0. The summed E-state index contributed by atoms with van der Waals surface area (Å²) in [5.41, 5.74) is 2.14. The van der Waals surface area contributed by atoms with Crippen molar-refractivity contribution in [2.45, 2.75) is 124 Å². The van der Waals surface area contributed by atoms with E-state index in [-0.39, 0.29) is 43.0 Å². The summed E-state index contributed by atoms with van der Waals surface area (Å²) in [6.07, 6.45) is 15.3. The second-order valence-electron chi connectivity index (χ2n) is 15.6. The van der Waals surface area contributed by atoms with Gasteiger partial charge in [0.2, 0.25) is 0 Å². The zero-order chi connectivity index (χ0) is 32.8. The standard InChI is InChI=1S/C37H61NO7/c1-25(2)9-8-10-26(3)30-13-14-31-29-12-11-27-23-28(15-19-36(27,4)32(29)16-20-37(30,31)5)45-35(41)44-24-38(21-17-33(39)42-6)22-18-34(40)43-7/h11,25-26,28-32H,8-10,12-24H2,1-7H3/t26-,28?,29?,30?,31?,32?,36-,37+/m0/s1. The van der Waals surface area contributed by atoms with Gasteiger partial charge in [0.05, 0.1) is 27.1 Å². The molecule has 0 aromatic carbocycles. The van der Waals surface area contributed by atoms with Crippen molar-refractivity contribution in [3.8, 4) is 0 Å². The topological polar surface area (TPSA) is 91.4 Å². The van der Waals surface area contributed by atoms with Crippen LogP contribution in [0.4, 0.5) is 4.79 Å². The molecule has 3 fully saturated rings. The van der Waals surface area contributed by atoms with Gasteiger partial charge in [0.25, 0.3) is 0 Å². The molecule has 4 rings (SSSR count). The number of hydrogen-bond acceptors (Lipinski definition) is 8. The maximum absolute atomic E-state index is 12.7. The Morgan fingerprint density at radius 1 is 0.911 bits per heavy atom. The molecule has 3 saturated carbocycles. The summed E-state index contributed by atoms with van der Waals surface area (Å²) in [7, 11) is 2.66. The third-order valence-corrected chi connectivity index (χ3v) is 12.6. The number of ether oxygens (including phenoxy) is 4. The van der Waals surface area contributed by atoms with Crippen LogP contribution in [0.2, 0.25) is 0 Å². The first kappa shape index (κ1) is 35.8. The van der Waals surface area contributed by atoms with Gasteiger partial charge >= 0.3 is 18.1 Å². The van der Waals surface area contributed by atoms with Crippen LogP contribution < -0.4 is 0 Å². The quantitative estimate of drug-likeness (QED) is 0.0826. The highest BCUT2D eigenvalue weighted by Crippen LogP contribution is 2.67. The Labute approximate surface area is 272 Å². The first-order chi connectivity index (χ1) is 21.4. The van der Waals surface area contributed by atoms with E-state index in [2.05, 4.69) is 40.7 Å². The molecule has 8 nitrogen and oxygen atoms in total. The SMILES string of the molecule is COC(=O)CCN(CCC(=O)OC)COC(=O)OC1CC[C@@]2(C)C(=CCC3C4CCC([C@@H](C)CCCC(C)C)[C@@]4(C)CCC32)C1. The number of methoxy groups -OCH3 is 2. The molecule has 0 radical (unpaired) electrons. The second kappa shape index (κ2) is 15.7. The summed E-state index contributed by atoms with van der Waals surface area (Å²) in [5, 5.41) is 0. The molecule has 0 aromatic rings. The number of esters is 2. The molecule has 0 spiro atoms. The number of fused-ring (bicyclic) bond motifs is 5. The van der Waals surface area contributed by atoms with E-state index in [4.69, 9.17) is 18.9 Å². The lowest BCUT2D eigenvalue weighted by Gasteiger charge is -2.58. The number of hydrogen-bond donors (Lipinski definition) is 0. The van der Waals surface area contributed by atoms with Crippen LogP contribution >= 0.6 is 0 Å². The minimum atomic E-state index is -0.702. The van der Waals surface area contributed by atoms with Gasteiger partial charge in [0.1, 0.15) is 12.8 Å². The molecule has 256 valence electrons. The largest absolute Gasteiger partial charge is 0.509 e. The Balaban J connectivity index is 1.31. The van der Waals surface area contributed by atoms with E-state index in [1.165, 1.54) is 64.7 Å². The van der Waals surface area contributed by atoms with E-state index in [1.807, 2.05) is 0 Å². The number of carbonyl (C=O) groups is 3. The number of carbonyl (C=O) groups excluding carboxylic acids is 3. The summed E-state index contributed by atoms with van der Waals surface area (Å²) in [4.78, 5) is 37.7. The molecule has 8 heteroatoms. The van der Waals surface area contributed by atoms with Crippen molar-refractivity contribution in [1.29, 1.82) is 0 Å². The van der Waals surface area contributed by atoms with Crippen molar-refractivity contribution in [1.82, 2.24) is 4.90 Å². The van der Waals surface area contributed by atoms with Crippen LogP contribution in [0.5, 0.6) is 0 Å². The van der Waals surface area contributed by atoms with Gasteiger partial charge in [-0.05, 0) is 91.3 Å². The predicted molar refractivity (Wildman–Crippen MR) is 174 cm³/mol. The number of rotatable bonds is 14. The molecule has 0 amide bonds. The van der Waals surface area contributed by atoms with Gasteiger partial charge in [-0.25, -0.2) is 4.79 Å². The van der Waals surface area contributed by atoms with Gasteiger partial charge in [-0.1, -0.05) is 65.5 Å². The van der Waals surface area contributed by atoms with Gasteiger partial charge in [0, 0.05) is 19.5 Å². The summed E-state index contributed by atoms with van der Waals surface area (Å²) >= 11 is 0. The molecule has 4 aliphatic carbocycles. The van der Waals surface area contributed by atoms with Crippen molar-refractivity contribution in [2.75, 3.05) is 34.0 Å². The zero-order valence-corrected chi connectivity index (χ0v) is 29.2. The fraction of sp³-hybridized carbons (Fsp3) is 0.865. The third kappa shape index (κ3) is 8.44. The van der Waals surface area contributed by atoms with E-state index in [9.17, 15) is 14.4 Å². The number of nitrogens with zero attached hydrogens (tertiary/aromatic N) is 1. The van der Waals surface area contributed by atoms with Crippen molar-refractivity contribution in [3.05, 3.63) is 11.6 Å². The summed E-state index contributed by atoms with van der Waals surface area (Å²) in [5.74, 6) is 4.07. The first-order valence-corrected chi connectivity index (χ1v) is 17.8. The van der Waals surface area contributed by atoms with E-state index in [0.717, 1.165) is 61.2 Å². The van der Waals surface area contributed by atoms with Crippen LogP contribution in [-0.2, 0) is 28.5 Å². The monoisotopic (exact) mass is 631 g/mol. The van der Waals surface area contributed by atoms with Gasteiger partial charge in [-0.2, -0.15) is 0 Å². The zero-order valence-electron chi connectivity index (χ0n) is 29.2. The summed E-state index contributed by atoms with van der Waals surface area (Å²) in [6, 6.07) is 0. The highest BCUT2D eigenvalue weighted by atomic mass is 16.7. The van der Waals surface area contributed by atoms with E-state index in [0.29, 0.717) is 18.5 Å². The van der Waals surface area contributed by atoms with E-state index < -0.39 is 6.16 Å². The molecular formula is C37H61NO7. The molecule has 5 unspecified atom stereocenters. The lowest BCUT2D eigenvalue weighted by Crippen LogP contribution is -2.51. The lowest BCUT2D eigenvalue weighted by molar-refractivity contribution is -0.141. The Morgan fingerprint density at radius 2 is 1.60 bits per heavy atom.